The molecule has 0 atom stereocenters. The number of hydrogen-bond donors (Lipinski definition) is 1. The first kappa shape index (κ1) is 17.7. The lowest BCUT2D eigenvalue weighted by atomic mass is 10.0. The van der Waals surface area contributed by atoms with Gasteiger partial charge in [0, 0.05) is 25.7 Å². The van der Waals surface area contributed by atoms with Crippen LogP contribution in [0.1, 0.15) is 60.9 Å². The van der Waals surface area contributed by atoms with E-state index < -0.39 is 0 Å². The Morgan fingerprint density at radius 1 is 1.16 bits per heavy atom. The molecule has 1 N–H and O–H groups in total. The fourth-order valence-electron chi connectivity index (χ4n) is 3.17. The molecule has 5 heteroatoms. The molecule has 0 aliphatic carbocycles. The average Bonchev–Trinajstić information content (AvgIpc) is 2.98. The summed E-state index contributed by atoms with van der Waals surface area (Å²) in [7, 11) is 0. The molecule has 1 aliphatic rings. The monoisotopic (exact) mass is 340 g/mol. The minimum absolute atomic E-state index is 0.0901. The lowest BCUT2D eigenvalue weighted by molar-refractivity contribution is 0.0937. The van der Waals surface area contributed by atoms with Crippen molar-refractivity contribution in [2.45, 2.75) is 59.3 Å². The molecule has 0 spiro atoms. The number of aromatic nitrogens is 2. The summed E-state index contributed by atoms with van der Waals surface area (Å²) in [6.45, 7) is 11.9. The number of hydrogen-bond acceptors (Lipinski definition) is 3. The van der Waals surface area contributed by atoms with Crippen molar-refractivity contribution in [3.63, 3.8) is 0 Å². The van der Waals surface area contributed by atoms with Crippen molar-refractivity contribution in [2.24, 2.45) is 0 Å². The van der Waals surface area contributed by atoms with Gasteiger partial charge in [-0.1, -0.05) is 38.1 Å². The van der Waals surface area contributed by atoms with Gasteiger partial charge in [0.2, 0.25) is 0 Å². The molecule has 25 heavy (non-hydrogen) atoms. The third-order valence-electron chi connectivity index (χ3n) is 4.58. The normalized spacial score (nSPS) is 14.8. The Kier molecular flexibility index (Phi) is 5.23. The Morgan fingerprint density at radius 3 is 2.52 bits per heavy atom. The molecule has 2 heterocycles. The smallest absolute Gasteiger partial charge is 0.271 e. The van der Waals surface area contributed by atoms with Gasteiger partial charge in [0.1, 0.15) is 0 Å². The molecule has 5 nitrogen and oxygen atoms in total. The van der Waals surface area contributed by atoms with E-state index in [0.29, 0.717) is 11.6 Å². The maximum absolute atomic E-state index is 12.1. The SMILES string of the molecule is CC(C)NC(=O)c1cc2n(n1)CCN(Cc1ccc(C(C)C)cc1)C2. The molecule has 3 rings (SSSR count). The zero-order valence-electron chi connectivity index (χ0n) is 15.6. The van der Waals surface area contributed by atoms with E-state index in [1.54, 1.807) is 0 Å². The van der Waals surface area contributed by atoms with Crippen LogP contribution in [0.4, 0.5) is 0 Å². The molecular weight excluding hydrogens is 312 g/mol. The van der Waals surface area contributed by atoms with Crippen LogP contribution in [-0.2, 0) is 19.6 Å². The predicted octanol–water partition coefficient (Wildman–Crippen LogP) is 3.16. The average molecular weight is 340 g/mol. The molecule has 0 bridgehead atoms. The summed E-state index contributed by atoms with van der Waals surface area (Å²) in [5, 5.41) is 7.36. The fourth-order valence-corrected chi connectivity index (χ4v) is 3.17. The molecule has 0 unspecified atom stereocenters. The van der Waals surface area contributed by atoms with Gasteiger partial charge in [0.25, 0.3) is 5.91 Å². The van der Waals surface area contributed by atoms with Crippen molar-refractivity contribution in [2.75, 3.05) is 6.54 Å². The maximum atomic E-state index is 12.1. The van der Waals surface area contributed by atoms with Gasteiger partial charge in [0.05, 0.1) is 12.2 Å². The van der Waals surface area contributed by atoms with Gasteiger partial charge in [-0.05, 0) is 37.0 Å². The second-order valence-corrected chi connectivity index (χ2v) is 7.48. The minimum atomic E-state index is -0.0901. The highest BCUT2D eigenvalue weighted by molar-refractivity contribution is 5.92. The van der Waals surface area contributed by atoms with E-state index in [-0.39, 0.29) is 11.9 Å². The summed E-state index contributed by atoms with van der Waals surface area (Å²) >= 11 is 0. The predicted molar refractivity (Wildman–Crippen MR) is 99.5 cm³/mol. The van der Waals surface area contributed by atoms with Crippen LogP contribution in [0.5, 0.6) is 0 Å². The van der Waals surface area contributed by atoms with Crippen molar-refractivity contribution in [3.05, 3.63) is 52.8 Å². The minimum Gasteiger partial charge on any atom is -0.348 e. The van der Waals surface area contributed by atoms with Gasteiger partial charge in [-0.2, -0.15) is 5.10 Å². The molecule has 0 saturated heterocycles. The highest BCUT2D eigenvalue weighted by Gasteiger charge is 2.21. The highest BCUT2D eigenvalue weighted by Crippen LogP contribution is 2.19. The number of rotatable bonds is 5. The first-order valence-corrected chi connectivity index (χ1v) is 9.11. The maximum Gasteiger partial charge on any atom is 0.271 e. The van der Waals surface area contributed by atoms with Gasteiger partial charge < -0.3 is 5.32 Å². The molecule has 1 aliphatic heterocycles. The molecule has 1 amide bonds. The topological polar surface area (TPSA) is 50.2 Å². The number of benzene rings is 1. The summed E-state index contributed by atoms with van der Waals surface area (Å²) in [5.41, 5.74) is 4.34. The molecule has 1 aromatic heterocycles. The summed E-state index contributed by atoms with van der Waals surface area (Å²) in [6.07, 6.45) is 0. The standard InChI is InChI=1S/C20H28N4O/c1-14(2)17-7-5-16(6-8-17)12-23-9-10-24-18(13-23)11-19(22-24)20(25)21-15(3)4/h5-8,11,14-15H,9-10,12-13H2,1-4H3,(H,21,25). The number of nitrogens with zero attached hydrogens (tertiary/aromatic N) is 3. The summed E-state index contributed by atoms with van der Waals surface area (Å²) in [6, 6.07) is 10.9. The van der Waals surface area contributed by atoms with Crippen LogP contribution < -0.4 is 5.32 Å². The largest absolute Gasteiger partial charge is 0.348 e. The number of nitrogens with one attached hydrogen (secondary N) is 1. The van der Waals surface area contributed by atoms with Gasteiger partial charge >= 0.3 is 0 Å². The van der Waals surface area contributed by atoms with Crippen molar-refractivity contribution in [1.29, 1.82) is 0 Å². The molecular formula is C20H28N4O. The van der Waals surface area contributed by atoms with Crippen LogP contribution in [-0.4, -0.2) is 33.2 Å². The Balaban J connectivity index is 1.65. The highest BCUT2D eigenvalue weighted by atomic mass is 16.2. The van der Waals surface area contributed by atoms with Gasteiger partial charge in [0.15, 0.2) is 5.69 Å². The Bertz CT molecular complexity index is 731. The van der Waals surface area contributed by atoms with E-state index in [4.69, 9.17) is 0 Å². The van der Waals surface area contributed by atoms with E-state index in [9.17, 15) is 4.79 Å². The lowest BCUT2D eigenvalue weighted by Crippen LogP contribution is -2.33. The zero-order chi connectivity index (χ0) is 18.0. The van der Waals surface area contributed by atoms with E-state index in [0.717, 1.165) is 31.9 Å². The molecule has 134 valence electrons. The first-order chi connectivity index (χ1) is 11.9. The Morgan fingerprint density at radius 2 is 1.88 bits per heavy atom. The Labute approximate surface area is 150 Å². The van der Waals surface area contributed by atoms with Gasteiger partial charge in [-0.3, -0.25) is 14.4 Å². The molecule has 0 fully saturated rings. The van der Waals surface area contributed by atoms with Crippen LogP contribution >= 0.6 is 0 Å². The molecule has 0 saturated carbocycles. The lowest BCUT2D eigenvalue weighted by Gasteiger charge is -2.27. The van der Waals surface area contributed by atoms with Crippen LogP contribution in [0.2, 0.25) is 0 Å². The molecule has 0 radical (unpaired) electrons. The van der Waals surface area contributed by atoms with Crippen LogP contribution in [0, 0.1) is 0 Å². The second kappa shape index (κ2) is 7.40. The van der Waals surface area contributed by atoms with E-state index in [1.165, 1.54) is 11.1 Å². The van der Waals surface area contributed by atoms with Crippen LogP contribution in [0.3, 0.4) is 0 Å². The zero-order valence-corrected chi connectivity index (χ0v) is 15.6. The van der Waals surface area contributed by atoms with Crippen LogP contribution in [0.25, 0.3) is 0 Å². The quantitative estimate of drug-likeness (QED) is 0.909. The summed E-state index contributed by atoms with van der Waals surface area (Å²) in [5.74, 6) is 0.474. The number of fused-ring (bicyclic) bond motifs is 1. The van der Waals surface area contributed by atoms with Crippen molar-refractivity contribution in [1.82, 2.24) is 20.0 Å². The Hall–Kier alpha value is -2.14. The molecule has 1 aromatic carbocycles. The second-order valence-electron chi connectivity index (χ2n) is 7.48. The summed E-state index contributed by atoms with van der Waals surface area (Å²) < 4.78 is 1.97. The summed E-state index contributed by atoms with van der Waals surface area (Å²) in [4.78, 5) is 14.5. The van der Waals surface area contributed by atoms with E-state index in [2.05, 4.69) is 53.4 Å². The third-order valence-corrected chi connectivity index (χ3v) is 4.58. The van der Waals surface area contributed by atoms with Crippen LogP contribution in [0.15, 0.2) is 30.3 Å². The third kappa shape index (κ3) is 4.28. The first-order valence-electron chi connectivity index (χ1n) is 9.11. The van der Waals surface area contributed by atoms with Crippen molar-refractivity contribution >= 4 is 5.91 Å². The van der Waals surface area contributed by atoms with Gasteiger partial charge in [-0.15, -0.1) is 0 Å². The number of amides is 1. The van der Waals surface area contributed by atoms with Crippen molar-refractivity contribution < 1.29 is 4.79 Å². The van der Waals surface area contributed by atoms with E-state index in [1.807, 2.05) is 24.6 Å². The molecule has 2 aromatic rings. The van der Waals surface area contributed by atoms with E-state index >= 15 is 0 Å². The fraction of sp³-hybridized carbons (Fsp3) is 0.500. The van der Waals surface area contributed by atoms with Gasteiger partial charge in [-0.25, -0.2) is 0 Å². The van der Waals surface area contributed by atoms with Crippen molar-refractivity contribution in [3.8, 4) is 0 Å². The number of carbonyl (C=O) groups is 1. The number of carbonyl (C=O) groups excluding carboxylic acids is 1.